The third-order valence-corrected chi connectivity index (χ3v) is 5.35. The van der Waals surface area contributed by atoms with E-state index < -0.39 is 17.6 Å². The molecule has 4 rings (SSSR count). The highest BCUT2D eigenvalue weighted by molar-refractivity contribution is 6.18. The van der Waals surface area contributed by atoms with Crippen LogP contribution in [0.2, 0.25) is 0 Å². The molecule has 6 heteroatoms. The van der Waals surface area contributed by atoms with Gasteiger partial charge in [-0.1, -0.05) is 43.7 Å². The summed E-state index contributed by atoms with van der Waals surface area (Å²) in [5, 5.41) is 1.60. The van der Waals surface area contributed by atoms with Gasteiger partial charge in [-0.15, -0.1) is 0 Å². The van der Waals surface area contributed by atoms with Gasteiger partial charge in [0.25, 0.3) is 0 Å². The fourth-order valence-electron chi connectivity index (χ4n) is 4.04. The molecule has 0 saturated carbocycles. The quantitative estimate of drug-likeness (QED) is 0.437. The van der Waals surface area contributed by atoms with Crippen LogP contribution in [0.5, 0.6) is 0 Å². The number of alkyl halides is 3. The first-order valence-corrected chi connectivity index (χ1v) is 9.79. The van der Waals surface area contributed by atoms with E-state index in [1.165, 1.54) is 12.1 Å². The van der Waals surface area contributed by atoms with E-state index in [1.54, 1.807) is 18.2 Å². The lowest BCUT2D eigenvalue weighted by atomic mass is 10.0. The van der Waals surface area contributed by atoms with Crippen molar-refractivity contribution in [2.45, 2.75) is 32.5 Å². The van der Waals surface area contributed by atoms with Crippen LogP contribution in [0.25, 0.3) is 21.8 Å². The minimum atomic E-state index is -4.40. The number of halogens is 3. The van der Waals surface area contributed by atoms with E-state index in [1.807, 2.05) is 22.8 Å². The Labute approximate surface area is 171 Å². The standard InChI is InChI=1S/C24H21F3N2O/c1-2-5-15-10-11-18-21(13-15)29(20-9-4-8-19(22(18)20)23(28)30)14-16-6-3-7-17(12-16)24(25,26)27/h3-4,6-13H,2,5,14H2,1H3,(H2,28,30). The van der Waals surface area contributed by atoms with Gasteiger partial charge < -0.3 is 10.3 Å². The van der Waals surface area contributed by atoms with E-state index in [4.69, 9.17) is 5.73 Å². The first-order valence-electron chi connectivity index (χ1n) is 9.79. The molecule has 0 fully saturated rings. The van der Waals surface area contributed by atoms with Gasteiger partial charge in [0.05, 0.1) is 11.1 Å². The molecule has 0 atom stereocenters. The Bertz CT molecular complexity index is 1250. The summed E-state index contributed by atoms with van der Waals surface area (Å²) in [5.74, 6) is -0.531. The molecule has 0 unspecified atom stereocenters. The zero-order valence-corrected chi connectivity index (χ0v) is 16.5. The van der Waals surface area contributed by atoms with Crippen LogP contribution >= 0.6 is 0 Å². The van der Waals surface area contributed by atoms with Gasteiger partial charge in [0.15, 0.2) is 0 Å². The zero-order chi connectivity index (χ0) is 21.5. The number of benzene rings is 3. The summed E-state index contributed by atoms with van der Waals surface area (Å²) in [4.78, 5) is 12.0. The fourth-order valence-corrected chi connectivity index (χ4v) is 4.04. The minimum absolute atomic E-state index is 0.252. The second kappa shape index (κ2) is 7.52. The molecule has 4 aromatic rings. The van der Waals surface area contributed by atoms with E-state index in [-0.39, 0.29) is 6.54 Å². The predicted molar refractivity (Wildman–Crippen MR) is 113 cm³/mol. The van der Waals surface area contributed by atoms with Crippen molar-refractivity contribution in [2.24, 2.45) is 5.73 Å². The number of nitrogens with two attached hydrogens (primary N) is 1. The fraction of sp³-hybridized carbons (Fsp3) is 0.208. The summed E-state index contributed by atoms with van der Waals surface area (Å²) >= 11 is 0. The van der Waals surface area contributed by atoms with Crippen molar-refractivity contribution < 1.29 is 18.0 Å². The average Bonchev–Trinajstić information content (AvgIpc) is 3.01. The van der Waals surface area contributed by atoms with Crippen molar-refractivity contribution in [2.75, 3.05) is 0 Å². The Morgan fingerprint density at radius 1 is 0.967 bits per heavy atom. The second-order valence-corrected chi connectivity index (χ2v) is 7.45. The Morgan fingerprint density at radius 2 is 1.73 bits per heavy atom. The average molecular weight is 410 g/mol. The highest BCUT2D eigenvalue weighted by Gasteiger charge is 2.30. The molecule has 0 aliphatic heterocycles. The smallest absolute Gasteiger partial charge is 0.366 e. The molecular weight excluding hydrogens is 389 g/mol. The first-order chi connectivity index (χ1) is 14.3. The molecule has 0 bridgehead atoms. The summed E-state index contributed by atoms with van der Waals surface area (Å²) in [6, 6.07) is 16.7. The summed E-state index contributed by atoms with van der Waals surface area (Å²) in [6.07, 6.45) is -2.53. The lowest BCUT2D eigenvalue weighted by molar-refractivity contribution is -0.137. The van der Waals surface area contributed by atoms with E-state index in [9.17, 15) is 18.0 Å². The van der Waals surface area contributed by atoms with E-state index in [0.717, 1.165) is 46.3 Å². The van der Waals surface area contributed by atoms with Gasteiger partial charge in [0.2, 0.25) is 5.91 Å². The number of hydrogen-bond donors (Lipinski definition) is 1. The molecule has 0 radical (unpaired) electrons. The van der Waals surface area contributed by atoms with Gasteiger partial charge in [0.1, 0.15) is 0 Å². The minimum Gasteiger partial charge on any atom is -0.366 e. The number of aromatic nitrogens is 1. The maximum absolute atomic E-state index is 13.2. The van der Waals surface area contributed by atoms with Crippen molar-refractivity contribution in [3.05, 3.63) is 82.9 Å². The van der Waals surface area contributed by atoms with Crippen LogP contribution in [0.3, 0.4) is 0 Å². The number of fused-ring (bicyclic) bond motifs is 3. The Kier molecular flexibility index (Phi) is 5.02. The third-order valence-electron chi connectivity index (χ3n) is 5.35. The summed E-state index contributed by atoms with van der Waals surface area (Å²) in [5.41, 5.74) is 8.66. The molecule has 1 heterocycles. The van der Waals surface area contributed by atoms with Crippen molar-refractivity contribution in [3.8, 4) is 0 Å². The van der Waals surface area contributed by atoms with Crippen LogP contribution in [0.4, 0.5) is 13.2 Å². The summed E-state index contributed by atoms with van der Waals surface area (Å²) in [7, 11) is 0. The largest absolute Gasteiger partial charge is 0.416 e. The predicted octanol–water partition coefficient (Wildman–Crippen LogP) is 5.91. The topological polar surface area (TPSA) is 48.0 Å². The number of amides is 1. The van der Waals surface area contributed by atoms with Crippen molar-refractivity contribution in [3.63, 3.8) is 0 Å². The lowest BCUT2D eigenvalue weighted by Crippen LogP contribution is -2.11. The number of carbonyl (C=O) groups excluding carboxylic acids is 1. The van der Waals surface area contributed by atoms with E-state index >= 15 is 0 Å². The molecule has 1 aromatic heterocycles. The van der Waals surface area contributed by atoms with Gasteiger partial charge in [-0.25, -0.2) is 0 Å². The zero-order valence-electron chi connectivity index (χ0n) is 16.5. The molecule has 3 nitrogen and oxygen atoms in total. The van der Waals surface area contributed by atoms with E-state index in [2.05, 4.69) is 13.0 Å². The van der Waals surface area contributed by atoms with Gasteiger partial charge in [-0.05, 0) is 47.9 Å². The normalized spacial score (nSPS) is 12.0. The molecule has 0 spiro atoms. The van der Waals surface area contributed by atoms with Crippen LogP contribution in [-0.4, -0.2) is 10.5 Å². The second-order valence-electron chi connectivity index (χ2n) is 7.45. The van der Waals surface area contributed by atoms with E-state index in [0.29, 0.717) is 11.1 Å². The number of rotatable bonds is 5. The first kappa shape index (κ1) is 20.0. The van der Waals surface area contributed by atoms with Crippen LogP contribution in [0, 0.1) is 0 Å². The maximum atomic E-state index is 13.2. The lowest BCUT2D eigenvalue weighted by Gasteiger charge is -2.12. The number of primary amides is 1. The molecule has 0 aliphatic carbocycles. The Balaban J connectivity index is 1.96. The molecule has 1 amide bonds. The van der Waals surface area contributed by atoms with Gasteiger partial charge in [0, 0.05) is 28.4 Å². The molecular formula is C24H21F3N2O. The monoisotopic (exact) mass is 410 g/mol. The van der Waals surface area contributed by atoms with Crippen LogP contribution in [-0.2, 0) is 19.1 Å². The van der Waals surface area contributed by atoms with Gasteiger partial charge in [-0.3, -0.25) is 4.79 Å². The highest BCUT2D eigenvalue weighted by Crippen LogP contribution is 2.34. The van der Waals surface area contributed by atoms with Crippen LogP contribution in [0.1, 0.15) is 40.4 Å². The Hall–Kier alpha value is -3.28. The summed E-state index contributed by atoms with van der Waals surface area (Å²) in [6.45, 7) is 2.34. The maximum Gasteiger partial charge on any atom is 0.416 e. The van der Waals surface area contributed by atoms with Crippen LogP contribution in [0.15, 0.2) is 60.7 Å². The number of aryl methyl sites for hydroxylation is 1. The molecule has 0 aliphatic rings. The molecule has 30 heavy (non-hydrogen) atoms. The van der Waals surface area contributed by atoms with Crippen molar-refractivity contribution >= 4 is 27.7 Å². The number of nitrogens with zero attached hydrogens (tertiary/aromatic N) is 1. The molecule has 2 N–H and O–H groups in total. The van der Waals surface area contributed by atoms with Crippen molar-refractivity contribution in [1.29, 1.82) is 0 Å². The summed E-state index contributed by atoms with van der Waals surface area (Å²) < 4.78 is 41.5. The van der Waals surface area contributed by atoms with Gasteiger partial charge >= 0.3 is 6.18 Å². The Morgan fingerprint density at radius 3 is 2.43 bits per heavy atom. The molecule has 3 aromatic carbocycles. The van der Waals surface area contributed by atoms with Gasteiger partial charge in [-0.2, -0.15) is 13.2 Å². The SMILES string of the molecule is CCCc1ccc2c3c(C(N)=O)cccc3n(Cc3cccc(C(F)(F)F)c3)c2c1. The van der Waals surface area contributed by atoms with Crippen molar-refractivity contribution in [1.82, 2.24) is 4.57 Å². The highest BCUT2D eigenvalue weighted by atomic mass is 19.4. The molecule has 154 valence electrons. The number of hydrogen-bond acceptors (Lipinski definition) is 1. The third kappa shape index (κ3) is 3.54. The molecule has 0 saturated heterocycles. The number of carbonyl (C=O) groups is 1. The van der Waals surface area contributed by atoms with Crippen LogP contribution < -0.4 is 5.73 Å².